The summed E-state index contributed by atoms with van der Waals surface area (Å²) in [5.74, 6) is 0.276. The van der Waals surface area contributed by atoms with E-state index in [9.17, 15) is 4.79 Å². The topological polar surface area (TPSA) is 68.5 Å². The van der Waals surface area contributed by atoms with Crippen molar-refractivity contribution in [3.63, 3.8) is 0 Å². The van der Waals surface area contributed by atoms with Gasteiger partial charge in [-0.15, -0.1) is 12.4 Å². The van der Waals surface area contributed by atoms with Gasteiger partial charge >= 0.3 is 5.97 Å². The van der Waals surface area contributed by atoms with Crippen LogP contribution in [0.15, 0.2) is 18.3 Å². The van der Waals surface area contributed by atoms with Gasteiger partial charge in [-0.3, -0.25) is 9.88 Å². The molecule has 1 aromatic rings. The van der Waals surface area contributed by atoms with Gasteiger partial charge < -0.3 is 10.5 Å². The number of piperidine rings is 1. The molecule has 21 heavy (non-hydrogen) atoms. The number of hydrogen-bond acceptors (Lipinski definition) is 5. The first-order valence-corrected chi connectivity index (χ1v) is 7.13. The number of aromatic nitrogens is 1. The lowest BCUT2D eigenvalue weighted by atomic mass is 9.90. The maximum Gasteiger partial charge on any atom is 0.339 e. The van der Waals surface area contributed by atoms with Crippen molar-refractivity contribution >= 4 is 18.4 Å². The quantitative estimate of drug-likeness (QED) is 0.859. The van der Waals surface area contributed by atoms with Crippen molar-refractivity contribution in [2.24, 2.45) is 11.7 Å². The summed E-state index contributed by atoms with van der Waals surface area (Å²) in [4.78, 5) is 18.1. The smallest absolute Gasteiger partial charge is 0.339 e. The van der Waals surface area contributed by atoms with Gasteiger partial charge in [0.1, 0.15) is 0 Å². The number of nitrogens with zero attached hydrogens (tertiary/aromatic N) is 2. The summed E-state index contributed by atoms with van der Waals surface area (Å²) in [5.41, 5.74) is 7.34. The van der Waals surface area contributed by atoms with E-state index in [4.69, 9.17) is 5.73 Å². The highest BCUT2D eigenvalue weighted by atomic mass is 35.5. The fourth-order valence-electron chi connectivity index (χ4n) is 2.88. The number of rotatable bonds is 4. The van der Waals surface area contributed by atoms with Gasteiger partial charge in [0.05, 0.1) is 18.4 Å². The van der Waals surface area contributed by atoms with Crippen LogP contribution >= 0.6 is 12.4 Å². The highest BCUT2D eigenvalue weighted by Crippen LogP contribution is 2.23. The Kier molecular flexibility index (Phi) is 7.08. The van der Waals surface area contributed by atoms with Gasteiger partial charge in [0, 0.05) is 25.3 Å². The minimum atomic E-state index is -0.351. The normalized spacial score (nSPS) is 22.4. The van der Waals surface area contributed by atoms with E-state index in [0.717, 1.165) is 18.8 Å². The van der Waals surface area contributed by atoms with E-state index in [1.807, 2.05) is 6.07 Å². The van der Waals surface area contributed by atoms with Crippen molar-refractivity contribution in [2.75, 3.05) is 20.2 Å². The molecule has 0 aromatic carbocycles. The van der Waals surface area contributed by atoms with E-state index >= 15 is 0 Å². The van der Waals surface area contributed by atoms with Crippen LogP contribution in [0.4, 0.5) is 0 Å². The molecule has 1 saturated heterocycles. The molecule has 6 heteroatoms. The number of hydrogen-bond donors (Lipinski definition) is 1. The Morgan fingerprint density at radius 1 is 1.52 bits per heavy atom. The SMILES string of the molecule is COC(=O)c1ccc(CN2CCCC(C)C2CN)nc1.Cl. The number of carbonyl (C=O) groups excluding carboxylic acids is 1. The largest absolute Gasteiger partial charge is 0.465 e. The third kappa shape index (κ3) is 4.40. The number of methoxy groups -OCH3 is 1. The van der Waals surface area contributed by atoms with Crippen molar-refractivity contribution in [3.8, 4) is 0 Å². The molecule has 2 N–H and O–H groups in total. The lowest BCUT2D eigenvalue weighted by Crippen LogP contribution is -2.48. The third-order valence-electron chi connectivity index (χ3n) is 4.08. The van der Waals surface area contributed by atoms with Crippen LogP contribution in [0.25, 0.3) is 0 Å². The third-order valence-corrected chi connectivity index (χ3v) is 4.08. The van der Waals surface area contributed by atoms with Crippen molar-refractivity contribution in [1.29, 1.82) is 0 Å². The van der Waals surface area contributed by atoms with Crippen molar-refractivity contribution in [3.05, 3.63) is 29.6 Å². The first kappa shape index (κ1) is 17.9. The summed E-state index contributed by atoms with van der Waals surface area (Å²) in [6.45, 7) is 4.79. The molecule has 1 aromatic heterocycles. The molecule has 5 nitrogen and oxygen atoms in total. The highest BCUT2D eigenvalue weighted by Gasteiger charge is 2.27. The summed E-state index contributed by atoms with van der Waals surface area (Å²) in [6.07, 6.45) is 4.02. The minimum absolute atomic E-state index is 0. The zero-order valence-corrected chi connectivity index (χ0v) is 13.4. The summed E-state index contributed by atoms with van der Waals surface area (Å²) in [7, 11) is 1.37. The lowest BCUT2D eigenvalue weighted by Gasteiger charge is -2.39. The van der Waals surface area contributed by atoms with E-state index in [1.54, 1.807) is 12.3 Å². The maximum absolute atomic E-state index is 11.4. The van der Waals surface area contributed by atoms with Gasteiger partial charge in [0.2, 0.25) is 0 Å². The van der Waals surface area contributed by atoms with E-state index < -0.39 is 0 Å². The van der Waals surface area contributed by atoms with Crippen molar-refractivity contribution in [1.82, 2.24) is 9.88 Å². The molecule has 1 aliphatic rings. The van der Waals surface area contributed by atoms with Crippen LogP contribution in [0.5, 0.6) is 0 Å². The average molecular weight is 314 g/mol. The van der Waals surface area contributed by atoms with Crippen LogP contribution < -0.4 is 5.73 Å². The second-order valence-electron chi connectivity index (χ2n) is 5.42. The fourth-order valence-corrected chi connectivity index (χ4v) is 2.88. The van der Waals surface area contributed by atoms with E-state index in [-0.39, 0.29) is 18.4 Å². The van der Waals surface area contributed by atoms with Gasteiger partial charge in [-0.05, 0) is 37.4 Å². The maximum atomic E-state index is 11.4. The molecular weight excluding hydrogens is 290 g/mol. The Hall–Kier alpha value is -1.17. The molecule has 1 fully saturated rings. The van der Waals surface area contributed by atoms with Crippen LogP contribution in [0.1, 0.15) is 35.8 Å². The monoisotopic (exact) mass is 313 g/mol. The molecule has 0 radical (unpaired) electrons. The molecule has 2 heterocycles. The predicted octanol–water partition coefficient (Wildman–Crippen LogP) is 1.85. The first-order valence-electron chi connectivity index (χ1n) is 7.13. The molecule has 0 spiro atoms. The molecule has 2 unspecified atom stereocenters. The molecule has 0 aliphatic carbocycles. The number of pyridine rings is 1. The number of carbonyl (C=O) groups is 1. The van der Waals surface area contributed by atoms with Crippen LogP contribution in [-0.2, 0) is 11.3 Å². The van der Waals surface area contributed by atoms with Gasteiger partial charge in [0.15, 0.2) is 0 Å². The molecular formula is C15H24ClN3O2. The first-order chi connectivity index (χ1) is 9.65. The molecule has 1 aliphatic heterocycles. The summed E-state index contributed by atoms with van der Waals surface area (Å²) < 4.78 is 4.67. The zero-order valence-electron chi connectivity index (χ0n) is 12.6. The average Bonchev–Trinajstić information content (AvgIpc) is 2.47. The number of esters is 1. The van der Waals surface area contributed by atoms with Crippen LogP contribution in [0.2, 0.25) is 0 Å². The fraction of sp³-hybridized carbons (Fsp3) is 0.600. The van der Waals surface area contributed by atoms with Crippen LogP contribution in [-0.4, -0.2) is 42.1 Å². The number of ether oxygens (including phenoxy) is 1. The molecule has 118 valence electrons. The predicted molar refractivity (Wildman–Crippen MR) is 84.5 cm³/mol. The zero-order chi connectivity index (χ0) is 14.5. The number of halogens is 1. The van der Waals surface area contributed by atoms with Gasteiger partial charge in [-0.25, -0.2) is 4.79 Å². The summed E-state index contributed by atoms with van der Waals surface area (Å²) in [5, 5.41) is 0. The Bertz CT molecular complexity index is 453. The van der Waals surface area contributed by atoms with Crippen LogP contribution in [0.3, 0.4) is 0 Å². The lowest BCUT2D eigenvalue weighted by molar-refractivity contribution is 0.0600. The summed E-state index contributed by atoms with van der Waals surface area (Å²) in [6, 6.07) is 4.07. The summed E-state index contributed by atoms with van der Waals surface area (Å²) >= 11 is 0. The van der Waals surface area contributed by atoms with Crippen molar-refractivity contribution in [2.45, 2.75) is 32.4 Å². The van der Waals surface area contributed by atoms with Crippen LogP contribution in [0, 0.1) is 5.92 Å². The second-order valence-corrected chi connectivity index (χ2v) is 5.42. The highest BCUT2D eigenvalue weighted by molar-refractivity contribution is 5.88. The van der Waals surface area contributed by atoms with E-state index in [0.29, 0.717) is 24.1 Å². The van der Waals surface area contributed by atoms with Crippen molar-refractivity contribution < 1.29 is 9.53 Å². The Labute approximate surface area is 132 Å². The Morgan fingerprint density at radius 2 is 2.29 bits per heavy atom. The standard InChI is InChI=1S/C15H23N3O2.ClH/c1-11-4-3-7-18(14(11)8-16)10-13-6-5-12(9-17-13)15(19)20-2;/h5-6,9,11,14H,3-4,7-8,10,16H2,1-2H3;1H. The van der Waals surface area contributed by atoms with Gasteiger partial charge in [-0.2, -0.15) is 0 Å². The van der Waals surface area contributed by atoms with Gasteiger partial charge in [0.25, 0.3) is 0 Å². The van der Waals surface area contributed by atoms with E-state index in [2.05, 4.69) is 21.5 Å². The number of nitrogens with two attached hydrogens (primary N) is 1. The minimum Gasteiger partial charge on any atom is -0.465 e. The van der Waals surface area contributed by atoms with E-state index in [1.165, 1.54) is 20.0 Å². The second kappa shape index (κ2) is 8.32. The Morgan fingerprint density at radius 3 is 2.86 bits per heavy atom. The Balaban J connectivity index is 0.00000220. The molecule has 0 bridgehead atoms. The molecule has 2 atom stereocenters. The van der Waals surface area contributed by atoms with Gasteiger partial charge in [-0.1, -0.05) is 6.92 Å². The molecule has 0 saturated carbocycles. The number of likely N-dealkylation sites (tertiary alicyclic amines) is 1. The molecule has 2 rings (SSSR count). The molecule has 0 amide bonds.